The number of hydrogen-bond donors (Lipinski definition) is 0. The molecule has 1 unspecified atom stereocenters. The average molecular weight is 385 g/mol. The molecule has 5 heteroatoms. The van der Waals surface area contributed by atoms with E-state index in [1.165, 1.54) is 7.11 Å². The van der Waals surface area contributed by atoms with Crippen LogP contribution >= 0.6 is 11.6 Å². The summed E-state index contributed by atoms with van der Waals surface area (Å²) in [6.07, 6.45) is 1.68. The quantitative estimate of drug-likeness (QED) is 0.401. The van der Waals surface area contributed by atoms with Crippen molar-refractivity contribution >= 4 is 23.5 Å². The monoisotopic (exact) mass is 384 g/mol. The summed E-state index contributed by atoms with van der Waals surface area (Å²) in [5.74, 6) is 4.76. The fourth-order valence-electron chi connectivity index (χ4n) is 2.36. The van der Waals surface area contributed by atoms with E-state index in [4.69, 9.17) is 21.1 Å². The molecular weight excluding hydrogens is 364 g/mol. The first kappa shape index (κ1) is 20.5. The zero-order valence-electron chi connectivity index (χ0n) is 15.3. The van der Waals surface area contributed by atoms with Crippen molar-refractivity contribution in [3.63, 3.8) is 0 Å². The van der Waals surface area contributed by atoms with Gasteiger partial charge in [0, 0.05) is 22.6 Å². The molecule has 0 spiro atoms. The Morgan fingerprint density at radius 2 is 1.93 bits per heavy atom. The highest BCUT2D eigenvalue weighted by Gasteiger charge is 2.28. The Morgan fingerprint density at radius 3 is 2.63 bits per heavy atom. The topological polar surface area (TPSA) is 52.6 Å². The van der Waals surface area contributed by atoms with Gasteiger partial charge in [-0.3, -0.25) is 0 Å². The van der Waals surface area contributed by atoms with E-state index in [1.54, 1.807) is 42.5 Å². The van der Waals surface area contributed by atoms with Gasteiger partial charge >= 0.3 is 11.9 Å². The van der Waals surface area contributed by atoms with Crippen molar-refractivity contribution in [2.75, 3.05) is 7.11 Å². The van der Waals surface area contributed by atoms with Crippen molar-refractivity contribution < 1.29 is 19.1 Å². The number of benzene rings is 2. The summed E-state index contributed by atoms with van der Waals surface area (Å²) in [5, 5.41) is 0.316. The average Bonchev–Trinajstić information content (AvgIpc) is 2.69. The van der Waals surface area contributed by atoms with Crippen LogP contribution in [0.2, 0.25) is 5.02 Å². The third-order valence-electron chi connectivity index (χ3n) is 3.81. The summed E-state index contributed by atoms with van der Waals surface area (Å²) >= 11 is 6.14. The first-order chi connectivity index (χ1) is 13.1. The molecule has 0 aromatic heterocycles. The second-order valence-corrected chi connectivity index (χ2v) is 6.22. The number of ether oxygens (including phenoxy) is 2. The third-order valence-corrected chi connectivity index (χ3v) is 4.16. The molecule has 0 radical (unpaired) electrons. The molecule has 0 heterocycles. The predicted octanol–water partition coefficient (Wildman–Crippen LogP) is 4.95. The predicted molar refractivity (Wildman–Crippen MR) is 104 cm³/mol. The van der Waals surface area contributed by atoms with Crippen LogP contribution in [-0.4, -0.2) is 19.0 Å². The van der Waals surface area contributed by atoms with Crippen molar-refractivity contribution in [3.05, 3.63) is 70.2 Å². The van der Waals surface area contributed by atoms with Crippen LogP contribution in [0.3, 0.4) is 0 Å². The second-order valence-electron chi connectivity index (χ2n) is 5.82. The number of carbonyl (C=O) groups is 2. The van der Waals surface area contributed by atoms with Crippen molar-refractivity contribution in [1.29, 1.82) is 0 Å². The molecule has 0 amide bonds. The smallest absolute Gasteiger partial charge is 0.352 e. The van der Waals surface area contributed by atoms with Gasteiger partial charge < -0.3 is 9.47 Å². The van der Waals surface area contributed by atoms with E-state index in [2.05, 4.69) is 18.8 Å². The lowest BCUT2D eigenvalue weighted by atomic mass is 10.1. The minimum atomic E-state index is -1.24. The normalized spacial score (nSPS) is 11.1. The number of esters is 2. The van der Waals surface area contributed by atoms with E-state index in [0.29, 0.717) is 21.7 Å². The molecule has 0 saturated carbocycles. The summed E-state index contributed by atoms with van der Waals surface area (Å²) in [6.45, 7) is 2.11. The van der Waals surface area contributed by atoms with Crippen LogP contribution in [0.1, 0.15) is 53.8 Å². The SMILES string of the molecule is CCCCC#Cc1cccc(C(=O)OC(C(=O)OC)c2ccccc2Cl)c1. The van der Waals surface area contributed by atoms with Crippen molar-refractivity contribution in [1.82, 2.24) is 0 Å². The second kappa shape index (κ2) is 10.4. The highest BCUT2D eigenvalue weighted by atomic mass is 35.5. The molecule has 0 aliphatic heterocycles. The van der Waals surface area contributed by atoms with Gasteiger partial charge in [0.05, 0.1) is 12.7 Å². The molecule has 0 aliphatic rings. The van der Waals surface area contributed by atoms with Gasteiger partial charge in [-0.05, 0) is 30.7 Å². The van der Waals surface area contributed by atoms with E-state index in [-0.39, 0.29) is 0 Å². The molecule has 0 fully saturated rings. The number of hydrogen-bond acceptors (Lipinski definition) is 4. The van der Waals surface area contributed by atoms with E-state index in [1.807, 2.05) is 6.07 Å². The molecule has 140 valence electrons. The van der Waals surface area contributed by atoms with Gasteiger partial charge in [-0.2, -0.15) is 0 Å². The maximum absolute atomic E-state index is 12.6. The Bertz CT molecular complexity index is 864. The molecule has 2 aromatic carbocycles. The molecule has 1 atom stereocenters. The van der Waals surface area contributed by atoms with Gasteiger partial charge in [-0.15, -0.1) is 0 Å². The summed E-state index contributed by atoms with van der Waals surface area (Å²) in [6, 6.07) is 13.5. The lowest BCUT2D eigenvalue weighted by molar-refractivity contribution is -0.151. The maximum Gasteiger partial charge on any atom is 0.352 e. The largest absolute Gasteiger partial charge is 0.466 e. The molecule has 4 nitrogen and oxygen atoms in total. The van der Waals surface area contributed by atoms with Gasteiger partial charge in [-0.1, -0.05) is 61.1 Å². The van der Waals surface area contributed by atoms with Gasteiger partial charge in [0.25, 0.3) is 0 Å². The molecular formula is C22H21ClO4. The first-order valence-electron chi connectivity index (χ1n) is 8.69. The third kappa shape index (κ3) is 5.87. The van der Waals surface area contributed by atoms with Crippen LogP contribution in [-0.2, 0) is 14.3 Å². The van der Waals surface area contributed by atoms with Gasteiger partial charge in [0.2, 0.25) is 6.10 Å². The van der Waals surface area contributed by atoms with Crippen molar-refractivity contribution in [3.8, 4) is 11.8 Å². The Kier molecular flexibility index (Phi) is 7.91. The zero-order valence-corrected chi connectivity index (χ0v) is 16.1. The van der Waals surface area contributed by atoms with E-state index < -0.39 is 18.0 Å². The fourth-order valence-corrected chi connectivity index (χ4v) is 2.60. The summed E-state index contributed by atoms with van der Waals surface area (Å²) in [7, 11) is 1.23. The number of methoxy groups -OCH3 is 1. The fraction of sp³-hybridized carbons (Fsp3) is 0.273. The highest BCUT2D eigenvalue weighted by molar-refractivity contribution is 6.31. The number of unbranched alkanes of at least 4 members (excludes halogenated alkanes) is 2. The van der Waals surface area contributed by atoms with Crippen molar-refractivity contribution in [2.45, 2.75) is 32.3 Å². The Morgan fingerprint density at radius 1 is 1.15 bits per heavy atom. The molecule has 2 aromatic rings. The van der Waals surface area contributed by atoms with Gasteiger partial charge in [0.1, 0.15) is 0 Å². The highest BCUT2D eigenvalue weighted by Crippen LogP contribution is 2.27. The first-order valence-corrected chi connectivity index (χ1v) is 9.06. The van der Waals surface area contributed by atoms with E-state index in [9.17, 15) is 9.59 Å². The van der Waals surface area contributed by atoms with E-state index >= 15 is 0 Å². The molecule has 2 rings (SSSR count). The zero-order chi connectivity index (χ0) is 19.6. The molecule has 27 heavy (non-hydrogen) atoms. The van der Waals surface area contributed by atoms with Crippen LogP contribution in [0.5, 0.6) is 0 Å². The number of halogens is 1. The van der Waals surface area contributed by atoms with Crippen LogP contribution in [0, 0.1) is 11.8 Å². The lowest BCUT2D eigenvalue weighted by Gasteiger charge is -2.17. The van der Waals surface area contributed by atoms with Crippen molar-refractivity contribution in [2.24, 2.45) is 0 Å². The molecule has 0 bridgehead atoms. The standard InChI is InChI=1S/C22H21ClO4/c1-3-4-5-6-10-16-11-9-12-17(15-16)21(24)27-20(22(25)26-2)18-13-7-8-14-19(18)23/h7-9,11-15,20H,3-5H2,1-2H3. The minimum absolute atomic E-state index is 0.304. The van der Waals surface area contributed by atoms with Gasteiger partial charge in [-0.25, -0.2) is 9.59 Å². The lowest BCUT2D eigenvalue weighted by Crippen LogP contribution is -2.21. The van der Waals surface area contributed by atoms with Crippen LogP contribution in [0.4, 0.5) is 0 Å². The summed E-state index contributed by atoms with van der Waals surface area (Å²) in [5.41, 5.74) is 1.39. The maximum atomic E-state index is 12.6. The molecule has 0 saturated heterocycles. The van der Waals surface area contributed by atoms with Gasteiger partial charge in [0.15, 0.2) is 0 Å². The number of rotatable bonds is 6. The number of carbonyl (C=O) groups excluding carboxylic acids is 2. The Balaban J connectivity index is 2.21. The Hall–Kier alpha value is -2.77. The summed E-state index contributed by atoms with van der Waals surface area (Å²) < 4.78 is 10.2. The van der Waals surface area contributed by atoms with Crippen LogP contribution in [0.25, 0.3) is 0 Å². The molecule has 0 N–H and O–H groups in total. The molecule has 0 aliphatic carbocycles. The Labute approximate surface area is 164 Å². The minimum Gasteiger partial charge on any atom is -0.466 e. The summed E-state index contributed by atoms with van der Waals surface area (Å²) in [4.78, 5) is 24.7. The van der Waals surface area contributed by atoms with Crippen LogP contribution in [0.15, 0.2) is 48.5 Å². The van der Waals surface area contributed by atoms with E-state index in [0.717, 1.165) is 19.3 Å². The van der Waals surface area contributed by atoms with Crippen LogP contribution < -0.4 is 0 Å².